The van der Waals surface area contributed by atoms with Gasteiger partial charge >= 0.3 is 0 Å². The van der Waals surface area contributed by atoms with Gasteiger partial charge in [-0.1, -0.05) is 35.0 Å². The molecule has 0 saturated carbocycles. The summed E-state index contributed by atoms with van der Waals surface area (Å²) in [5.74, 6) is 1.64. The third-order valence-electron chi connectivity index (χ3n) is 2.77. The van der Waals surface area contributed by atoms with Crippen LogP contribution in [0.2, 0.25) is 5.02 Å². The maximum absolute atomic E-state index is 5.94. The number of ether oxygens (including phenoxy) is 2. The van der Waals surface area contributed by atoms with Gasteiger partial charge in [-0.05, 0) is 30.3 Å². The largest absolute Gasteiger partial charge is 0.496 e. The maximum atomic E-state index is 5.94. The monoisotopic (exact) mass is 320 g/mol. The van der Waals surface area contributed by atoms with E-state index in [1.807, 2.05) is 30.3 Å². The quantitative estimate of drug-likeness (QED) is 0.483. The summed E-state index contributed by atoms with van der Waals surface area (Å²) in [4.78, 5) is 5.21. The number of methoxy groups -OCH3 is 1. The molecule has 0 saturated heterocycles. The average molecular weight is 321 g/mol. The number of hydrogen-bond donors (Lipinski definition) is 1. The van der Waals surface area contributed by atoms with E-state index in [9.17, 15) is 0 Å². The fourth-order valence-electron chi connectivity index (χ4n) is 1.75. The van der Waals surface area contributed by atoms with E-state index in [4.69, 9.17) is 31.6 Å². The molecule has 0 bridgehead atoms. The molecule has 0 atom stereocenters. The summed E-state index contributed by atoms with van der Waals surface area (Å²) in [5.41, 5.74) is 6.52. The lowest BCUT2D eigenvalue weighted by Gasteiger charge is -2.08. The lowest BCUT2D eigenvalue weighted by atomic mass is 10.2. The molecule has 2 N–H and O–H groups in total. The minimum absolute atomic E-state index is 0.149. The van der Waals surface area contributed by atoms with Crippen molar-refractivity contribution in [3.8, 4) is 11.5 Å². The van der Waals surface area contributed by atoms with Crippen molar-refractivity contribution in [3.63, 3.8) is 0 Å². The summed E-state index contributed by atoms with van der Waals surface area (Å²) in [6.07, 6.45) is 0. The highest BCUT2D eigenvalue weighted by atomic mass is 35.5. The molecule has 5 nitrogen and oxygen atoms in total. The van der Waals surface area contributed by atoms with Crippen molar-refractivity contribution in [2.45, 2.75) is 6.61 Å². The highest BCUT2D eigenvalue weighted by Gasteiger charge is 2.04. The topological polar surface area (TPSA) is 66.1 Å². The Morgan fingerprint density at radius 1 is 1.18 bits per heavy atom. The standard InChI is InChI=1S/C16H17ClN2O3/c1-20-15-8-7-13(17)9-12(15)10-22-19-16(18)11-21-14-5-3-2-4-6-14/h2-9H,10-11H2,1H3,(H2,18,19). The van der Waals surface area contributed by atoms with E-state index in [1.165, 1.54) is 0 Å². The third-order valence-corrected chi connectivity index (χ3v) is 3.01. The van der Waals surface area contributed by atoms with Gasteiger partial charge in [0.25, 0.3) is 0 Å². The maximum Gasteiger partial charge on any atom is 0.177 e. The second-order valence-electron chi connectivity index (χ2n) is 4.41. The van der Waals surface area contributed by atoms with Gasteiger partial charge in [-0.15, -0.1) is 0 Å². The number of halogens is 1. The van der Waals surface area contributed by atoms with E-state index in [-0.39, 0.29) is 19.0 Å². The fraction of sp³-hybridized carbons (Fsp3) is 0.188. The van der Waals surface area contributed by atoms with Crippen LogP contribution >= 0.6 is 11.6 Å². The molecule has 0 radical (unpaired) electrons. The third kappa shape index (κ3) is 4.86. The number of rotatable bonds is 7. The van der Waals surface area contributed by atoms with Crippen LogP contribution in [0.5, 0.6) is 11.5 Å². The number of nitrogens with two attached hydrogens (primary N) is 1. The number of benzene rings is 2. The summed E-state index contributed by atoms with van der Waals surface area (Å²) in [7, 11) is 1.58. The first-order valence-corrected chi connectivity index (χ1v) is 7.01. The molecule has 0 aliphatic carbocycles. The van der Waals surface area contributed by atoms with Crippen LogP contribution in [-0.2, 0) is 11.4 Å². The molecule has 0 aliphatic heterocycles. The highest BCUT2D eigenvalue weighted by molar-refractivity contribution is 6.30. The van der Waals surface area contributed by atoms with Crippen molar-refractivity contribution < 1.29 is 14.3 Å². The zero-order valence-electron chi connectivity index (χ0n) is 12.2. The molecule has 0 amide bonds. The normalized spacial score (nSPS) is 11.1. The molecular formula is C16H17ClN2O3. The van der Waals surface area contributed by atoms with E-state index >= 15 is 0 Å². The number of hydrogen-bond acceptors (Lipinski definition) is 4. The number of nitrogens with zero attached hydrogens (tertiary/aromatic N) is 1. The minimum atomic E-state index is 0.149. The van der Waals surface area contributed by atoms with Crippen LogP contribution in [0.1, 0.15) is 5.56 Å². The molecule has 6 heteroatoms. The minimum Gasteiger partial charge on any atom is -0.496 e. The average Bonchev–Trinajstić information content (AvgIpc) is 2.54. The van der Waals surface area contributed by atoms with Crippen molar-refractivity contribution in [2.75, 3.05) is 13.7 Å². The van der Waals surface area contributed by atoms with Gasteiger partial charge in [0.15, 0.2) is 5.84 Å². The van der Waals surface area contributed by atoms with Crippen LogP contribution < -0.4 is 15.2 Å². The molecule has 22 heavy (non-hydrogen) atoms. The zero-order chi connectivity index (χ0) is 15.8. The van der Waals surface area contributed by atoms with E-state index in [2.05, 4.69) is 5.16 Å². The first kappa shape index (κ1) is 16.0. The smallest absolute Gasteiger partial charge is 0.177 e. The van der Waals surface area contributed by atoms with Crippen LogP contribution in [0.15, 0.2) is 53.7 Å². The lowest BCUT2D eigenvalue weighted by molar-refractivity contribution is 0.126. The second kappa shape index (κ2) is 8.14. The van der Waals surface area contributed by atoms with Crippen molar-refractivity contribution >= 4 is 17.4 Å². The van der Waals surface area contributed by atoms with Gasteiger partial charge < -0.3 is 20.0 Å². The summed E-state index contributed by atoms with van der Waals surface area (Å²) in [6, 6.07) is 14.6. The number of amidine groups is 1. The van der Waals surface area contributed by atoms with Gasteiger partial charge in [-0.2, -0.15) is 0 Å². The van der Waals surface area contributed by atoms with Gasteiger partial charge in [0.1, 0.15) is 24.7 Å². The fourth-order valence-corrected chi connectivity index (χ4v) is 1.94. The lowest BCUT2D eigenvalue weighted by Crippen LogP contribution is -2.21. The Bertz CT molecular complexity index is 633. The van der Waals surface area contributed by atoms with Gasteiger partial charge in [0, 0.05) is 10.6 Å². The van der Waals surface area contributed by atoms with Gasteiger partial charge in [-0.25, -0.2) is 0 Å². The van der Waals surface area contributed by atoms with Crippen LogP contribution in [0.25, 0.3) is 0 Å². The molecule has 0 unspecified atom stereocenters. The van der Waals surface area contributed by atoms with Gasteiger partial charge in [0.2, 0.25) is 0 Å². The molecule has 0 aliphatic rings. The van der Waals surface area contributed by atoms with Crippen molar-refractivity contribution in [1.82, 2.24) is 0 Å². The first-order valence-electron chi connectivity index (χ1n) is 6.63. The zero-order valence-corrected chi connectivity index (χ0v) is 12.9. The Morgan fingerprint density at radius 3 is 2.68 bits per heavy atom. The van der Waals surface area contributed by atoms with Crippen LogP contribution in [0, 0.1) is 0 Å². The molecule has 0 fully saturated rings. The van der Waals surface area contributed by atoms with E-state index < -0.39 is 0 Å². The van der Waals surface area contributed by atoms with Crippen molar-refractivity contribution in [3.05, 3.63) is 59.1 Å². The molecule has 2 aromatic rings. The van der Waals surface area contributed by atoms with Crippen molar-refractivity contribution in [1.29, 1.82) is 0 Å². The predicted octanol–water partition coefficient (Wildman–Crippen LogP) is 3.22. The Kier molecular flexibility index (Phi) is 5.91. The Morgan fingerprint density at radius 2 is 1.95 bits per heavy atom. The first-order chi connectivity index (χ1) is 10.7. The van der Waals surface area contributed by atoms with Crippen LogP contribution in [0.4, 0.5) is 0 Å². The van der Waals surface area contributed by atoms with Crippen LogP contribution in [0.3, 0.4) is 0 Å². The Labute approximate surface area is 134 Å². The number of oxime groups is 1. The van der Waals surface area contributed by atoms with E-state index in [1.54, 1.807) is 25.3 Å². The van der Waals surface area contributed by atoms with Crippen LogP contribution in [-0.4, -0.2) is 19.6 Å². The molecule has 2 aromatic carbocycles. The summed E-state index contributed by atoms with van der Waals surface area (Å²) in [5, 5.41) is 4.41. The molecule has 2 rings (SSSR count). The second-order valence-corrected chi connectivity index (χ2v) is 4.85. The number of para-hydroxylation sites is 1. The Hall–Kier alpha value is -2.40. The molecular weight excluding hydrogens is 304 g/mol. The summed E-state index contributed by atoms with van der Waals surface area (Å²) < 4.78 is 10.7. The van der Waals surface area contributed by atoms with Gasteiger partial charge in [-0.3, -0.25) is 0 Å². The SMILES string of the molecule is COc1ccc(Cl)cc1CO/N=C(\N)COc1ccccc1. The van der Waals surface area contributed by atoms with Gasteiger partial charge in [0.05, 0.1) is 7.11 Å². The summed E-state index contributed by atoms with van der Waals surface area (Å²) >= 11 is 5.94. The Balaban J connectivity index is 1.85. The molecule has 116 valence electrons. The van der Waals surface area contributed by atoms with Crippen molar-refractivity contribution in [2.24, 2.45) is 10.9 Å². The highest BCUT2D eigenvalue weighted by Crippen LogP contribution is 2.23. The molecule has 0 spiro atoms. The van der Waals surface area contributed by atoms with E-state index in [0.717, 1.165) is 11.3 Å². The summed E-state index contributed by atoms with van der Waals surface area (Å²) in [6.45, 7) is 0.354. The van der Waals surface area contributed by atoms with E-state index in [0.29, 0.717) is 10.8 Å². The molecule has 0 aromatic heterocycles. The predicted molar refractivity (Wildman–Crippen MR) is 86.4 cm³/mol. The molecule has 0 heterocycles.